The van der Waals surface area contributed by atoms with E-state index in [4.69, 9.17) is 11.1 Å². The number of nitrogens with zero attached hydrogens (tertiary/aromatic N) is 2. The summed E-state index contributed by atoms with van der Waals surface area (Å²) < 4.78 is 0. The Balaban J connectivity index is 2.31. The van der Waals surface area contributed by atoms with Crippen molar-refractivity contribution in [3.05, 3.63) is 0 Å². The van der Waals surface area contributed by atoms with Crippen LogP contribution < -0.4 is 5.73 Å². The van der Waals surface area contributed by atoms with Crippen molar-refractivity contribution in [2.24, 2.45) is 5.73 Å². The van der Waals surface area contributed by atoms with Crippen LogP contribution in [0.25, 0.3) is 0 Å². The number of nitrogens with two attached hydrogens (primary N) is 1. The molecule has 94 valence electrons. The number of hydrogen-bond donors (Lipinski definition) is 2. The third-order valence-electron chi connectivity index (χ3n) is 3.18. The highest BCUT2D eigenvalue weighted by atomic mass is 15.6. The highest BCUT2D eigenvalue weighted by Gasteiger charge is 2.18. The Bertz CT molecular complexity index is 199. The fourth-order valence-corrected chi connectivity index (χ4v) is 2.22. The van der Waals surface area contributed by atoms with E-state index in [0.29, 0.717) is 0 Å². The van der Waals surface area contributed by atoms with Gasteiger partial charge in [-0.05, 0) is 19.3 Å². The van der Waals surface area contributed by atoms with Gasteiger partial charge in [0.15, 0.2) is 0 Å². The zero-order valence-electron chi connectivity index (χ0n) is 10.5. The molecule has 0 bridgehead atoms. The maximum absolute atomic E-state index is 7.63. The molecule has 4 heteroatoms. The van der Waals surface area contributed by atoms with Crippen LogP contribution >= 0.6 is 0 Å². The van der Waals surface area contributed by atoms with Gasteiger partial charge in [-0.25, -0.2) is 5.01 Å². The number of guanidine groups is 1. The Morgan fingerprint density at radius 3 is 2.44 bits per heavy atom. The number of hydrogen-bond acceptors (Lipinski definition) is 2. The number of hydrazine groups is 1. The van der Waals surface area contributed by atoms with Crippen LogP contribution in [0.2, 0.25) is 0 Å². The van der Waals surface area contributed by atoms with Gasteiger partial charge in [-0.1, -0.05) is 32.6 Å². The van der Waals surface area contributed by atoms with Crippen molar-refractivity contribution in [2.75, 3.05) is 19.6 Å². The van der Waals surface area contributed by atoms with Gasteiger partial charge in [0.1, 0.15) is 0 Å². The molecule has 1 fully saturated rings. The second-order valence-electron chi connectivity index (χ2n) is 4.58. The quantitative estimate of drug-likeness (QED) is 0.414. The number of piperidine rings is 1. The predicted octanol–water partition coefficient (Wildman–Crippen LogP) is 2.16. The van der Waals surface area contributed by atoms with Crippen LogP contribution in [-0.4, -0.2) is 35.6 Å². The third kappa shape index (κ3) is 4.39. The van der Waals surface area contributed by atoms with Gasteiger partial charge in [-0.3, -0.25) is 10.4 Å². The van der Waals surface area contributed by atoms with Crippen molar-refractivity contribution >= 4 is 5.96 Å². The molecule has 0 aromatic carbocycles. The van der Waals surface area contributed by atoms with Gasteiger partial charge < -0.3 is 5.73 Å². The molecule has 1 saturated heterocycles. The summed E-state index contributed by atoms with van der Waals surface area (Å²) in [5.74, 6) is 0.207. The molecule has 1 heterocycles. The van der Waals surface area contributed by atoms with Gasteiger partial charge in [-0.15, -0.1) is 0 Å². The Labute approximate surface area is 99.3 Å². The van der Waals surface area contributed by atoms with Crippen LogP contribution in [0.15, 0.2) is 0 Å². The van der Waals surface area contributed by atoms with E-state index in [2.05, 4.69) is 11.9 Å². The number of unbranched alkanes of at least 4 members (excludes halogenated alkanes) is 3. The smallest absolute Gasteiger partial charge is 0.203 e. The molecular formula is C12H26N4. The first-order valence-corrected chi connectivity index (χ1v) is 6.62. The molecule has 1 aliphatic heterocycles. The predicted molar refractivity (Wildman–Crippen MR) is 68.2 cm³/mol. The molecule has 0 saturated carbocycles. The van der Waals surface area contributed by atoms with Crippen molar-refractivity contribution in [1.29, 1.82) is 5.41 Å². The maximum atomic E-state index is 7.63. The number of rotatable bonds is 6. The van der Waals surface area contributed by atoms with E-state index < -0.39 is 0 Å². The SMILES string of the molecule is CCCCCCN(C(=N)N)N1CCCCC1. The lowest BCUT2D eigenvalue weighted by Gasteiger charge is -2.37. The highest BCUT2D eigenvalue weighted by molar-refractivity contribution is 5.74. The van der Waals surface area contributed by atoms with E-state index in [0.717, 1.165) is 26.1 Å². The van der Waals surface area contributed by atoms with Crippen LogP contribution in [-0.2, 0) is 0 Å². The zero-order chi connectivity index (χ0) is 11.8. The molecule has 0 aromatic rings. The van der Waals surface area contributed by atoms with Crippen molar-refractivity contribution in [2.45, 2.75) is 51.9 Å². The molecule has 1 aliphatic rings. The van der Waals surface area contributed by atoms with Gasteiger partial charge in [0.2, 0.25) is 5.96 Å². The van der Waals surface area contributed by atoms with Crippen molar-refractivity contribution < 1.29 is 0 Å². The van der Waals surface area contributed by atoms with Crippen LogP contribution in [0.1, 0.15) is 51.9 Å². The molecule has 3 N–H and O–H groups in total. The molecule has 0 aromatic heterocycles. The van der Waals surface area contributed by atoms with Gasteiger partial charge >= 0.3 is 0 Å². The summed E-state index contributed by atoms with van der Waals surface area (Å²) in [6.45, 7) is 5.25. The molecule has 0 atom stereocenters. The van der Waals surface area contributed by atoms with Gasteiger partial charge in [-0.2, -0.15) is 0 Å². The summed E-state index contributed by atoms with van der Waals surface area (Å²) in [5, 5.41) is 11.8. The lowest BCUT2D eigenvalue weighted by molar-refractivity contribution is 0.0219. The van der Waals surface area contributed by atoms with Gasteiger partial charge in [0, 0.05) is 19.6 Å². The Morgan fingerprint density at radius 1 is 1.19 bits per heavy atom. The van der Waals surface area contributed by atoms with Crippen molar-refractivity contribution in [1.82, 2.24) is 10.0 Å². The van der Waals surface area contributed by atoms with E-state index in [1.807, 2.05) is 5.01 Å². The van der Waals surface area contributed by atoms with Crippen LogP contribution in [0, 0.1) is 5.41 Å². The summed E-state index contributed by atoms with van der Waals surface area (Å²) in [6.07, 6.45) is 8.71. The topological polar surface area (TPSA) is 56.4 Å². The summed E-state index contributed by atoms with van der Waals surface area (Å²) in [6, 6.07) is 0. The Morgan fingerprint density at radius 2 is 1.88 bits per heavy atom. The average molecular weight is 226 g/mol. The molecule has 0 radical (unpaired) electrons. The molecular weight excluding hydrogens is 200 g/mol. The average Bonchev–Trinajstić information content (AvgIpc) is 2.30. The maximum Gasteiger partial charge on any atom is 0.203 e. The van der Waals surface area contributed by atoms with Crippen molar-refractivity contribution in [3.63, 3.8) is 0 Å². The summed E-state index contributed by atoms with van der Waals surface area (Å²) in [5.41, 5.74) is 5.65. The molecule has 0 aliphatic carbocycles. The van der Waals surface area contributed by atoms with E-state index in [-0.39, 0.29) is 5.96 Å². The second kappa shape index (κ2) is 7.49. The molecule has 0 amide bonds. The monoisotopic (exact) mass is 226 g/mol. The molecule has 0 spiro atoms. The molecule has 1 rings (SSSR count). The summed E-state index contributed by atoms with van der Waals surface area (Å²) >= 11 is 0. The largest absolute Gasteiger partial charge is 0.369 e. The van der Waals surface area contributed by atoms with Crippen LogP contribution in [0.5, 0.6) is 0 Å². The minimum Gasteiger partial charge on any atom is -0.369 e. The lowest BCUT2D eigenvalue weighted by atomic mass is 10.1. The zero-order valence-corrected chi connectivity index (χ0v) is 10.5. The van der Waals surface area contributed by atoms with E-state index in [1.165, 1.54) is 38.5 Å². The minimum atomic E-state index is 0.207. The first kappa shape index (κ1) is 13.3. The summed E-state index contributed by atoms with van der Waals surface area (Å²) in [7, 11) is 0. The van der Waals surface area contributed by atoms with Gasteiger partial charge in [0.25, 0.3) is 0 Å². The molecule has 0 unspecified atom stereocenters. The minimum absolute atomic E-state index is 0.207. The van der Waals surface area contributed by atoms with Crippen LogP contribution in [0.4, 0.5) is 0 Å². The Hall–Kier alpha value is -0.770. The van der Waals surface area contributed by atoms with Gasteiger partial charge in [0.05, 0.1) is 0 Å². The highest BCUT2D eigenvalue weighted by Crippen LogP contribution is 2.12. The molecule has 16 heavy (non-hydrogen) atoms. The first-order chi connectivity index (χ1) is 7.75. The fraction of sp³-hybridized carbons (Fsp3) is 0.917. The van der Waals surface area contributed by atoms with Crippen molar-refractivity contribution in [3.8, 4) is 0 Å². The normalized spacial score (nSPS) is 17.3. The number of nitrogens with one attached hydrogen (secondary N) is 1. The Kier molecular flexibility index (Phi) is 6.23. The van der Waals surface area contributed by atoms with E-state index in [9.17, 15) is 0 Å². The van der Waals surface area contributed by atoms with E-state index in [1.54, 1.807) is 0 Å². The van der Waals surface area contributed by atoms with Crippen LogP contribution in [0.3, 0.4) is 0 Å². The summed E-state index contributed by atoms with van der Waals surface area (Å²) in [4.78, 5) is 0. The molecule has 4 nitrogen and oxygen atoms in total. The van der Waals surface area contributed by atoms with E-state index >= 15 is 0 Å². The third-order valence-corrected chi connectivity index (χ3v) is 3.18. The lowest BCUT2D eigenvalue weighted by Crippen LogP contribution is -2.51. The first-order valence-electron chi connectivity index (χ1n) is 6.62. The standard InChI is InChI=1S/C12H26N4/c1-2-3-4-8-11-16(12(13)14)15-9-6-5-7-10-15/h2-11H2,1H3,(H3,13,14). The second-order valence-corrected chi connectivity index (χ2v) is 4.58. The fourth-order valence-electron chi connectivity index (χ4n) is 2.22.